The van der Waals surface area contributed by atoms with E-state index in [-0.39, 0.29) is 29.6 Å². The van der Waals surface area contributed by atoms with E-state index in [0.29, 0.717) is 12.0 Å². The number of amides is 1. The fourth-order valence-electron chi connectivity index (χ4n) is 3.37. The predicted octanol–water partition coefficient (Wildman–Crippen LogP) is 4.23. The second kappa shape index (κ2) is 7.08. The molecule has 4 rings (SSSR count). The molecule has 1 aliphatic rings. The van der Waals surface area contributed by atoms with E-state index in [0.717, 1.165) is 11.3 Å². The average Bonchev–Trinajstić information content (AvgIpc) is 3.48. The largest absolute Gasteiger partial charge is 0.343 e. The summed E-state index contributed by atoms with van der Waals surface area (Å²) in [5, 5.41) is 3.11. The molecule has 4 heteroatoms. The van der Waals surface area contributed by atoms with Crippen molar-refractivity contribution in [1.29, 1.82) is 0 Å². The molecule has 1 fully saturated rings. The number of aromatic nitrogens is 1. The van der Waals surface area contributed by atoms with Crippen LogP contribution in [0.3, 0.4) is 0 Å². The summed E-state index contributed by atoms with van der Waals surface area (Å²) in [7, 11) is 0. The molecule has 0 radical (unpaired) electrons. The fraction of sp³-hybridized carbons (Fsp3) is 0.182. The summed E-state index contributed by atoms with van der Waals surface area (Å²) in [5.41, 5.74) is 2.39. The van der Waals surface area contributed by atoms with Crippen LogP contribution in [0.25, 0.3) is 0 Å². The second-order valence-electron chi connectivity index (χ2n) is 6.58. The van der Waals surface area contributed by atoms with Crippen molar-refractivity contribution in [2.45, 2.75) is 18.4 Å². The van der Waals surface area contributed by atoms with Gasteiger partial charge in [0.1, 0.15) is 5.82 Å². The van der Waals surface area contributed by atoms with Crippen LogP contribution >= 0.6 is 0 Å². The molecule has 3 aromatic rings. The van der Waals surface area contributed by atoms with Gasteiger partial charge in [0.15, 0.2) is 0 Å². The van der Waals surface area contributed by atoms with E-state index in [1.165, 1.54) is 6.07 Å². The van der Waals surface area contributed by atoms with Gasteiger partial charge in [-0.1, -0.05) is 54.6 Å². The summed E-state index contributed by atoms with van der Waals surface area (Å²) in [6.45, 7) is 0. The van der Waals surface area contributed by atoms with Gasteiger partial charge in [-0.3, -0.25) is 9.78 Å². The third-order valence-electron chi connectivity index (χ3n) is 4.83. The van der Waals surface area contributed by atoms with Crippen LogP contribution in [0.2, 0.25) is 0 Å². The summed E-state index contributed by atoms with van der Waals surface area (Å²) in [6, 6.07) is 21.8. The van der Waals surface area contributed by atoms with Gasteiger partial charge in [-0.15, -0.1) is 0 Å². The standard InChI is InChI=1S/C22H19FN2O/c23-19-11-5-4-10-16(19)17-14-18(17)22(26)25-21(15-8-2-1-3-9-15)20-12-6-7-13-24-20/h1-13,17-18,21H,14H2,(H,25,26)/t17-,18+,21+/m0/s1. The molecule has 2 aromatic carbocycles. The number of nitrogens with one attached hydrogen (secondary N) is 1. The third-order valence-corrected chi connectivity index (χ3v) is 4.83. The molecule has 3 nitrogen and oxygen atoms in total. The van der Waals surface area contributed by atoms with Gasteiger partial charge in [-0.25, -0.2) is 4.39 Å². The van der Waals surface area contributed by atoms with Crippen LogP contribution in [0.1, 0.15) is 35.2 Å². The zero-order valence-corrected chi connectivity index (χ0v) is 14.2. The first kappa shape index (κ1) is 16.5. The number of halogens is 1. The summed E-state index contributed by atoms with van der Waals surface area (Å²) in [4.78, 5) is 17.2. The normalized spacial score (nSPS) is 19.6. The highest BCUT2D eigenvalue weighted by molar-refractivity contribution is 5.83. The Kier molecular flexibility index (Phi) is 4.48. The van der Waals surface area contributed by atoms with Gasteiger partial charge in [-0.2, -0.15) is 0 Å². The van der Waals surface area contributed by atoms with Crippen molar-refractivity contribution in [1.82, 2.24) is 10.3 Å². The van der Waals surface area contributed by atoms with Crippen LogP contribution < -0.4 is 5.32 Å². The lowest BCUT2D eigenvalue weighted by molar-refractivity contribution is -0.122. The highest BCUT2D eigenvalue weighted by atomic mass is 19.1. The Balaban J connectivity index is 1.54. The van der Waals surface area contributed by atoms with Gasteiger partial charge in [0.25, 0.3) is 0 Å². The van der Waals surface area contributed by atoms with Gasteiger partial charge >= 0.3 is 0 Å². The summed E-state index contributed by atoms with van der Waals surface area (Å²) in [6.07, 6.45) is 2.40. The van der Waals surface area contributed by atoms with E-state index in [2.05, 4.69) is 10.3 Å². The zero-order valence-electron chi connectivity index (χ0n) is 14.2. The number of hydrogen-bond donors (Lipinski definition) is 1. The molecule has 0 unspecified atom stereocenters. The number of benzene rings is 2. The molecular formula is C22H19FN2O. The lowest BCUT2D eigenvalue weighted by Crippen LogP contribution is -2.31. The number of carbonyl (C=O) groups excluding carboxylic acids is 1. The molecule has 0 aliphatic heterocycles. The molecular weight excluding hydrogens is 327 g/mol. The SMILES string of the molecule is O=C(N[C@H](c1ccccc1)c1ccccn1)[C@@H]1C[C@H]1c1ccccc1F. The Bertz CT molecular complexity index is 859. The first-order valence-corrected chi connectivity index (χ1v) is 8.74. The van der Waals surface area contributed by atoms with Crippen LogP contribution in [0.4, 0.5) is 4.39 Å². The average molecular weight is 346 g/mol. The quantitative estimate of drug-likeness (QED) is 0.751. The summed E-state index contributed by atoms with van der Waals surface area (Å²) >= 11 is 0. The van der Waals surface area contributed by atoms with Crippen LogP contribution in [0, 0.1) is 11.7 Å². The number of hydrogen-bond acceptors (Lipinski definition) is 2. The van der Waals surface area contributed by atoms with Crippen LogP contribution in [-0.4, -0.2) is 10.9 Å². The Morgan fingerprint density at radius 2 is 1.73 bits per heavy atom. The number of nitrogens with zero attached hydrogens (tertiary/aromatic N) is 1. The van der Waals surface area contributed by atoms with Gasteiger partial charge in [0.05, 0.1) is 11.7 Å². The predicted molar refractivity (Wildman–Crippen MR) is 97.9 cm³/mol. The second-order valence-corrected chi connectivity index (χ2v) is 6.58. The van der Waals surface area contributed by atoms with Crippen molar-refractivity contribution in [2.75, 3.05) is 0 Å². The molecule has 1 N–H and O–H groups in total. The fourth-order valence-corrected chi connectivity index (χ4v) is 3.37. The molecule has 26 heavy (non-hydrogen) atoms. The van der Waals surface area contributed by atoms with E-state index >= 15 is 0 Å². The topological polar surface area (TPSA) is 42.0 Å². The molecule has 130 valence electrons. The maximum Gasteiger partial charge on any atom is 0.224 e. The highest BCUT2D eigenvalue weighted by Crippen LogP contribution is 2.48. The molecule has 1 heterocycles. The van der Waals surface area contributed by atoms with Gasteiger partial charge in [0.2, 0.25) is 5.91 Å². The Hall–Kier alpha value is -3.01. The Labute approximate surface area is 151 Å². The minimum atomic E-state index is -0.313. The molecule has 1 aromatic heterocycles. The van der Waals surface area contributed by atoms with Gasteiger partial charge < -0.3 is 5.32 Å². The van der Waals surface area contributed by atoms with Crippen molar-refractivity contribution in [3.63, 3.8) is 0 Å². The van der Waals surface area contributed by atoms with Crippen LogP contribution in [-0.2, 0) is 4.79 Å². The van der Waals surface area contributed by atoms with E-state index in [1.807, 2.05) is 54.6 Å². The lowest BCUT2D eigenvalue weighted by Gasteiger charge is -2.19. The monoisotopic (exact) mass is 346 g/mol. The van der Waals surface area contributed by atoms with Crippen molar-refractivity contribution >= 4 is 5.91 Å². The van der Waals surface area contributed by atoms with Crippen LogP contribution in [0.15, 0.2) is 79.0 Å². The molecule has 0 bridgehead atoms. The first-order chi connectivity index (χ1) is 12.7. The van der Waals surface area contributed by atoms with E-state index in [1.54, 1.807) is 18.3 Å². The van der Waals surface area contributed by atoms with Gasteiger partial charge in [0, 0.05) is 12.1 Å². The van der Waals surface area contributed by atoms with Crippen molar-refractivity contribution in [3.8, 4) is 0 Å². The van der Waals surface area contributed by atoms with Crippen molar-refractivity contribution < 1.29 is 9.18 Å². The Morgan fingerprint density at radius 3 is 2.46 bits per heavy atom. The van der Waals surface area contributed by atoms with E-state index in [9.17, 15) is 9.18 Å². The van der Waals surface area contributed by atoms with E-state index in [4.69, 9.17) is 0 Å². The minimum Gasteiger partial charge on any atom is -0.343 e. The number of rotatable bonds is 5. The molecule has 3 atom stereocenters. The molecule has 1 aliphatic carbocycles. The van der Waals surface area contributed by atoms with Crippen molar-refractivity contribution in [2.24, 2.45) is 5.92 Å². The smallest absolute Gasteiger partial charge is 0.224 e. The zero-order chi connectivity index (χ0) is 17.9. The van der Waals surface area contributed by atoms with Crippen LogP contribution in [0.5, 0.6) is 0 Å². The third kappa shape index (κ3) is 3.36. The first-order valence-electron chi connectivity index (χ1n) is 8.74. The highest BCUT2D eigenvalue weighted by Gasteiger charge is 2.45. The Morgan fingerprint density at radius 1 is 1.00 bits per heavy atom. The minimum absolute atomic E-state index is 0.0450. The molecule has 1 saturated carbocycles. The molecule has 0 spiro atoms. The summed E-state index contributed by atoms with van der Waals surface area (Å²) < 4.78 is 14.0. The number of pyridine rings is 1. The maximum absolute atomic E-state index is 14.0. The lowest BCUT2D eigenvalue weighted by atomic mass is 10.0. The molecule has 0 saturated heterocycles. The van der Waals surface area contributed by atoms with E-state index < -0.39 is 0 Å². The maximum atomic E-state index is 14.0. The van der Waals surface area contributed by atoms with Gasteiger partial charge in [-0.05, 0) is 41.7 Å². The number of carbonyl (C=O) groups is 1. The molecule has 1 amide bonds. The van der Waals surface area contributed by atoms with Crippen molar-refractivity contribution in [3.05, 3.63) is 102 Å². The summed E-state index contributed by atoms with van der Waals surface area (Å²) in [5.74, 6) is -0.534.